The molecule has 3 aliphatic rings. The van der Waals surface area contributed by atoms with Crippen molar-refractivity contribution in [1.29, 1.82) is 0 Å². The molecule has 13 atom stereocenters. The number of hydrogen-bond donors (Lipinski definition) is 15. The van der Waals surface area contributed by atoms with Gasteiger partial charge in [-0.05, 0) is 0 Å². The van der Waals surface area contributed by atoms with E-state index in [4.69, 9.17) is 71.1 Å². The number of rotatable bonds is 49. The maximum Gasteiger partial charge on any atom is 0.222 e. The minimum Gasteiger partial charge on any atom is -0.394 e. The molecule has 8 unspecified atom stereocenters. The Morgan fingerprint density at radius 3 is 1.06 bits per heavy atom. The topological polar surface area (TPSA) is 469 Å². The summed E-state index contributed by atoms with van der Waals surface area (Å²) in [6.07, 6.45) is -17.7. The molecule has 15 N–H and O–H groups in total. The van der Waals surface area contributed by atoms with E-state index in [2.05, 4.69) is 16.0 Å². The van der Waals surface area contributed by atoms with Crippen molar-refractivity contribution in [2.24, 2.45) is 5.92 Å². The SMILES string of the molecule is O=C(CCOCC(COCCC(=O)NCCOCCOCCO[C@H]1OC(CO)[C@@H](O)C(O)C1O)COCCC(=O)NCCOCCOCCO[C@H]1OC(CO)[C@@H](O)C(O)C1O)NCCOCCOCCO[C@H]1OC(CO)(CO)CC(O)C1O. The first kappa shape index (κ1) is 74.6. The van der Waals surface area contributed by atoms with Crippen LogP contribution in [0.3, 0.4) is 0 Å². The summed E-state index contributed by atoms with van der Waals surface area (Å²) >= 11 is 0. The third kappa shape index (κ3) is 30.2. The van der Waals surface area contributed by atoms with Crippen LogP contribution in [-0.2, 0) is 85.4 Å². The van der Waals surface area contributed by atoms with Gasteiger partial charge in [0.15, 0.2) is 18.9 Å². The quantitative estimate of drug-likeness (QED) is 0.0252. The first-order valence-corrected chi connectivity index (χ1v) is 27.8. The molecule has 33 heteroatoms. The van der Waals surface area contributed by atoms with Crippen molar-refractivity contribution >= 4 is 17.7 Å². The van der Waals surface area contributed by atoms with Gasteiger partial charge in [0, 0.05) is 51.2 Å². The molecule has 0 aromatic carbocycles. The van der Waals surface area contributed by atoms with Gasteiger partial charge in [-0.15, -0.1) is 0 Å². The van der Waals surface area contributed by atoms with Crippen LogP contribution in [0.5, 0.6) is 0 Å². The highest BCUT2D eigenvalue weighted by molar-refractivity contribution is 5.76. The van der Waals surface area contributed by atoms with Crippen LogP contribution in [0.25, 0.3) is 0 Å². The third-order valence-electron chi connectivity index (χ3n) is 12.7. The highest BCUT2D eigenvalue weighted by Gasteiger charge is 2.47. The summed E-state index contributed by atoms with van der Waals surface area (Å²) < 4.78 is 82.1. The van der Waals surface area contributed by atoms with Crippen molar-refractivity contribution in [3.63, 3.8) is 0 Å². The molecule has 0 saturated carbocycles. The summed E-state index contributed by atoms with van der Waals surface area (Å²) in [7, 11) is 0. The van der Waals surface area contributed by atoms with E-state index < -0.39 is 112 Å². The summed E-state index contributed by atoms with van der Waals surface area (Å²) in [5.41, 5.74) is -1.43. The smallest absolute Gasteiger partial charge is 0.222 e. The van der Waals surface area contributed by atoms with E-state index in [1.807, 2.05) is 0 Å². The Hall–Kier alpha value is -2.67. The second-order valence-corrected chi connectivity index (χ2v) is 19.3. The van der Waals surface area contributed by atoms with Gasteiger partial charge in [0.2, 0.25) is 17.7 Å². The third-order valence-corrected chi connectivity index (χ3v) is 12.7. The van der Waals surface area contributed by atoms with Crippen molar-refractivity contribution < 1.29 is 147 Å². The average molecular weight is 1220 g/mol. The lowest BCUT2D eigenvalue weighted by molar-refractivity contribution is -0.313. The molecular weight excluding hydrogens is 1120 g/mol. The summed E-state index contributed by atoms with van der Waals surface area (Å²) in [5.74, 6) is -1.16. The van der Waals surface area contributed by atoms with Gasteiger partial charge < -0.3 is 148 Å². The Kier molecular flexibility index (Phi) is 40.2. The van der Waals surface area contributed by atoms with Gasteiger partial charge in [0.1, 0.15) is 60.5 Å². The van der Waals surface area contributed by atoms with Gasteiger partial charge in [0.05, 0.1) is 171 Å². The molecule has 33 nitrogen and oxygen atoms in total. The Labute approximate surface area is 481 Å². The minimum atomic E-state index is -1.55. The van der Waals surface area contributed by atoms with Gasteiger partial charge in [0.25, 0.3) is 0 Å². The number of hydrogen-bond acceptors (Lipinski definition) is 30. The van der Waals surface area contributed by atoms with Crippen LogP contribution in [0.15, 0.2) is 0 Å². The predicted molar refractivity (Wildman–Crippen MR) is 278 cm³/mol. The van der Waals surface area contributed by atoms with E-state index in [1.165, 1.54) is 0 Å². The first-order chi connectivity index (χ1) is 40.1. The van der Waals surface area contributed by atoms with Crippen LogP contribution in [0.2, 0.25) is 0 Å². The second kappa shape index (κ2) is 44.7. The summed E-state index contributed by atoms with van der Waals surface area (Å²) in [4.78, 5) is 37.3. The second-order valence-electron chi connectivity index (χ2n) is 19.3. The largest absolute Gasteiger partial charge is 0.394 e. The molecule has 0 aromatic rings. The van der Waals surface area contributed by atoms with Crippen LogP contribution in [-0.4, -0.2) is 349 Å². The Morgan fingerprint density at radius 2 is 0.723 bits per heavy atom. The summed E-state index contributed by atoms with van der Waals surface area (Å²) in [5, 5.41) is 126. The zero-order valence-electron chi connectivity index (χ0n) is 46.9. The van der Waals surface area contributed by atoms with Crippen LogP contribution in [0.1, 0.15) is 25.7 Å². The lowest BCUT2D eigenvalue weighted by Crippen LogP contribution is -2.59. The molecule has 3 fully saturated rings. The van der Waals surface area contributed by atoms with Crippen LogP contribution < -0.4 is 16.0 Å². The van der Waals surface area contributed by atoms with Crippen LogP contribution in [0, 0.1) is 5.92 Å². The first-order valence-electron chi connectivity index (χ1n) is 27.8. The minimum absolute atomic E-state index is 0.00929. The van der Waals surface area contributed by atoms with E-state index >= 15 is 0 Å². The Balaban J connectivity index is 1.24. The highest BCUT2D eigenvalue weighted by Crippen LogP contribution is 2.30. The summed E-state index contributed by atoms with van der Waals surface area (Å²) in [6, 6.07) is 0. The molecule has 3 aliphatic heterocycles. The fourth-order valence-corrected chi connectivity index (χ4v) is 7.92. The fraction of sp³-hybridized carbons (Fsp3) is 0.940. The number of ether oxygens (including phenoxy) is 15. The molecule has 3 rings (SSSR count). The summed E-state index contributed by atoms with van der Waals surface area (Å²) in [6.45, 7) is 1.16. The van der Waals surface area contributed by atoms with Gasteiger partial charge >= 0.3 is 0 Å². The number of carbonyl (C=O) groups is 3. The zero-order chi connectivity index (χ0) is 60.7. The number of nitrogens with one attached hydrogen (secondary N) is 3. The lowest BCUT2D eigenvalue weighted by Gasteiger charge is -2.43. The van der Waals surface area contributed by atoms with E-state index in [1.54, 1.807) is 0 Å². The Bertz CT molecular complexity index is 1590. The van der Waals surface area contributed by atoms with Crippen molar-refractivity contribution in [3.05, 3.63) is 0 Å². The molecule has 0 spiro atoms. The normalized spacial score (nSPS) is 27.5. The number of aliphatic hydroxyl groups excluding tert-OH is 12. The fourth-order valence-electron chi connectivity index (χ4n) is 7.92. The molecule has 3 saturated heterocycles. The average Bonchev–Trinajstić information content (AvgIpc) is 3.61. The number of carbonyl (C=O) groups excluding carboxylic acids is 3. The van der Waals surface area contributed by atoms with Gasteiger partial charge in [-0.2, -0.15) is 0 Å². The molecule has 3 heterocycles. The number of amides is 3. The molecule has 83 heavy (non-hydrogen) atoms. The molecule has 488 valence electrons. The molecule has 0 radical (unpaired) electrons. The van der Waals surface area contributed by atoms with Crippen molar-refractivity contribution in [2.75, 3.05) is 185 Å². The van der Waals surface area contributed by atoms with E-state index in [-0.39, 0.29) is 208 Å². The van der Waals surface area contributed by atoms with Crippen molar-refractivity contribution in [2.45, 2.75) is 111 Å². The van der Waals surface area contributed by atoms with E-state index in [0.29, 0.717) is 0 Å². The standard InChI is InChI=1S/C50H93N3O30/c54-26-35-41(63)43(65)45(67)47(81-35)78-22-19-72-16-13-69-10-4-51-37(59)1-7-75-28-33(29-76-8-2-38(60)52-5-11-70-14-17-73-20-23-79-48-46(68)44(66)42(64)36(27-55)82-48)30-77-9-3-39(61)53-6-12-71-15-18-74-21-24-80-49-40(62)34(58)25-50(31-56,32-57)83-49/h33-36,40-49,54-58,62-68H,1-32H2,(H,51,59)(H,52,60)(H,53,61)/t33?,34?,35?,36?,40?,41-,42-,43?,44?,45?,46?,47+,48+,49+/m1/s1. The molecule has 0 aliphatic carbocycles. The number of aliphatic hydroxyl groups is 12. The lowest BCUT2D eigenvalue weighted by atomic mass is 9.91. The zero-order valence-corrected chi connectivity index (χ0v) is 46.9. The molecule has 3 amide bonds. The highest BCUT2D eigenvalue weighted by atomic mass is 16.7. The molecule has 0 aromatic heterocycles. The molecule has 0 bridgehead atoms. The molecular formula is C50H93N3O30. The van der Waals surface area contributed by atoms with Crippen molar-refractivity contribution in [3.8, 4) is 0 Å². The maximum atomic E-state index is 12.4. The monoisotopic (exact) mass is 1220 g/mol. The van der Waals surface area contributed by atoms with Crippen LogP contribution >= 0.6 is 0 Å². The van der Waals surface area contributed by atoms with Gasteiger partial charge in [-0.3, -0.25) is 14.4 Å². The maximum absolute atomic E-state index is 12.4. The van der Waals surface area contributed by atoms with E-state index in [9.17, 15) is 75.7 Å². The van der Waals surface area contributed by atoms with Crippen molar-refractivity contribution in [1.82, 2.24) is 16.0 Å². The van der Waals surface area contributed by atoms with Crippen LogP contribution in [0.4, 0.5) is 0 Å². The van der Waals surface area contributed by atoms with E-state index in [0.717, 1.165) is 0 Å². The van der Waals surface area contributed by atoms with Gasteiger partial charge in [-0.25, -0.2) is 0 Å². The predicted octanol–water partition coefficient (Wildman–Crippen LogP) is -8.89. The van der Waals surface area contributed by atoms with Gasteiger partial charge in [-0.1, -0.05) is 0 Å². The Morgan fingerprint density at radius 1 is 0.398 bits per heavy atom.